The number of rotatable bonds is 6. The Morgan fingerprint density at radius 2 is 1.97 bits per heavy atom. The van der Waals surface area contributed by atoms with Gasteiger partial charge in [0.15, 0.2) is 5.69 Å². The number of allylic oxidation sites excluding steroid dienone is 4. The van der Waals surface area contributed by atoms with Crippen molar-refractivity contribution >= 4 is 29.2 Å². The second-order valence-electron chi connectivity index (χ2n) is 11.2. The van der Waals surface area contributed by atoms with Crippen molar-refractivity contribution in [2.75, 3.05) is 11.4 Å². The van der Waals surface area contributed by atoms with Crippen LogP contribution in [0.4, 0.5) is 5.82 Å². The van der Waals surface area contributed by atoms with Gasteiger partial charge in [-0.05, 0) is 87.1 Å². The summed E-state index contributed by atoms with van der Waals surface area (Å²) in [5.74, 6) is 1.81. The molecule has 1 N–H and O–H groups in total. The molecule has 0 aromatic carbocycles. The zero-order chi connectivity index (χ0) is 26.7. The summed E-state index contributed by atoms with van der Waals surface area (Å²) in [5, 5.41) is 21.6. The zero-order valence-electron chi connectivity index (χ0n) is 21.7. The van der Waals surface area contributed by atoms with Gasteiger partial charge in [0.25, 0.3) is 5.91 Å². The highest BCUT2D eigenvalue weighted by Gasteiger charge is 2.53. The number of fused-ring (bicyclic) bond motifs is 1. The average molecular weight is 532 g/mol. The maximum Gasteiger partial charge on any atom is 0.273 e. The quantitative estimate of drug-likeness (QED) is 0.602. The van der Waals surface area contributed by atoms with Gasteiger partial charge in [-0.1, -0.05) is 16.8 Å². The summed E-state index contributed by atoms with van der Waals surface area (Å²) < 4.78 is 1.68. The van der Waals surface area contributed by atoms with Gasteiger partial charge in [0.05, 0.1) is 18.3 Å². The fraction of sp³-hybridized carbons (Fsp3) is 0.500. The fourth-order valence-electron chi connectivity index (χ4n) is 6.18. The topological polar surface area (TPSA) is 117 Å². The summed E-state index contributed by atoms with van der Waals surface area (Å²) in [6, 6.07) is 2.15. The monoisotopic (exact) mass is 531 g/mol. The Hall–Kier alpha value is -3.51. The maximum absolute atomic E-state index is 12.9. The number of amides is 2. The van der Waals surface area contributed by atoms with Crippen LogP contribution in [0, 0.1) is 48.9 Å². The Morgan fingerprint density at radius 1 is 1.18 bits per heavy atom. The van der Waals surface area contributed by atoms with Crippen LogP contribution in [0.5, 0.6) is 0 Å². The van der Waals surface area contributed by atoms with Crippen molar-refractivity contribution in [2.45, 2.75) is 58.5 Å². The molecule has 3 aliphatic carbocycles. The Balaban J connectivity index is 1.08. The molecule has 0 spiro atoms. The molecule has 196 valence electrons. The van der Waals surface area contributed by atoms with Crippen LogP contribution >= 0.6 is 11.6 Å². The first-order valence-corrected chi connectivity index (χ1v) is 13.6. The predicted molar refractivity (Wildman–Crippen MR) is 141 cm³/mol. The van der Waals surface area contributed by atoms with E-state index in [9.17, 15) is 14.9 Å². The molecule has 1 aliphatic heterocycles. The summed E-state index contributed by atoms with van der Waals surface area (Å²) in [6.07, 6.45) is 10.4. The van der Waals surface area contributed by atoms with Gasteiger partial charge < -0.3 is 5.32 Å². The van der Waals surface area contributed by atoms with E-state index in [0.717, 1.165) is 58.9 Å². The van der Waals surface area contributed by atoms with Crippen LogP contribution in [0.25, 0.3) is 0 Å². The number of carbonyl (C=O) groups excluding carboxylic acids is 2. The minimum atomic E-state index is -0.253. The van der Waals surface area contributed by atoms with Crippen molar-refractivity contribution in [3.63, 3.8) is 0 Å². The fourth-order valence-corrected chi connectivity index (χ4v) is 6.41. The molecule has 0 radical (unpaired) electrons. The normalized spacial score (nSPS) is 28.6. The molecule has 2 aromatic rings. The molecular weight excluding hydrogens is 502 g/mol. The first-order valence-electron chi connectivity index (χ1n) is 13.2. The number of piperidine rings is 1. The smallest absolute Gasteiger partial charge is 0.273 e. The third-order valence-corrected chi connectivity index (χ3v) is 9.17. The van der Waals surface area contributed by atoms with E-state index in [1.54, 1.807) is 17.0 Å². The van der Waals surface area contributed by atoms with Crippen LogP contribution in [0.1, 0.15) is 65.8 Å². The number of hydrogen-bond donors (Lipinski definition) is 1. The zero-order valence-corrected chi connectivity index (χ0v) is 22.4. The van der Waals surface area contributed by atoms with E-state index in [1.165, 1.54) is 0 Å². The number of halogens is 1. The maximum atomic E-state index is 12.9. The third-order valence-electron chi connectivity index (χ3n) is 8.89. The molecular formula is C28H30ClN7O2. The molecule has 2 amide bonds. The molecule has 4 aliphatic rings. The summed E-state index contributed by atoms with van der Waals surface area (Å²) in [7, 11) is 0. The molecule has 38 heavy (non-hydrogen) atoms. The van der Waals surface area contributed by atoms with E-state index in [-0.39, 0.29) is 41.4 Å². The van der Waals surface area contributed by atoms with E-state index in [0.29, 0.717) is 18.3 Å². The lowest BCUT2D eigenvalue weighted by molar-refractivity contribution is -0.118. The third kappa shape index (κ3) is 4.21. The van der Waals surface area contributed by atoms with Crippen LogP contribution in [-0.2, 0) is 4.79 Å². The minimum absolute atomic E-state index is 0.0423. The Kier molecular flexibility index (Phi) is 6.10. The molecule has 6 rings (SSSR count). The molecule has 2 saturated carbocycles. The Bertz CT molecular complexity index is 1430. The van der Waals surface area contributed by atoms with Crippen LogP contribution < -0.4 is 10.2 Å². The van der Waals surface area contributed by atoms with Crippen molar-refractivity contribution in [3.05, 3.63) is 57.5 Å². The van der Waals surface area contributed by atoms with Crippen molar-refractivity contribution in [1.82, 2.24) is 25.3 Å². The van der Waals surface area contributed by atoms with E-state index in [2.05, 4.69) is 26.7 Å². The van der Waals surface area contributed by atoms with E-state index in [1.807, 2.05) is 37.9 Å². The molecule has 3 heterocycles. The first-order chi connectivity index (χ1) is 18.2. The summed E-state index contributed by atoms with van der Waals surface area (Å²) in [6.45, 7) is 6.80. The molecule has 10 heteroatoms. The molecule has 9 nitrogen and oxygen atoms in total. The van der Waals surface area contributed by atoms with E-state index < -0.39 is 0 Å². The lowest BCUT2D eigenvalue weighted by atomic mass is 9.68. The number of nitrogens with one attached hydrogen (secondary N) is 1. The molecule has 0 bridgehead atoms. The average Bonchev–Trinajstić information content (AvgIpc) is 3.33. The second kappa shape index (κ2) is 9.35. The van der Waals surface area contributed by atoms with Gasteiger partial charge in [-0.15, -0.1) is 5.10 Å². The van der Waals surface area contributed by atoms with E-state index >= 15 is 0 Å². The number of nitrogens with zero attached hydrogens (tertiary/aromatic N) is 6. The van der Waals surface area contributed by atoms with Gasteiger partial charge >= 0.3 is 0 Å². The molecule has 2 unspecified atom stereocenters. The number of hydrogen-bond acceptors (Lipinski definition) is 6. The molecule has 3 fully saturated rings. The van der Waals surface area contributed by atoms with Gasteiger partial charge in [-0.2, -0.15) is 5.26 Å². The highest BCUT2D eigenvalue weighted by Crippen LogP contribution is 2.48. The molecule has 2 aromatic heterocycles. The Morgan fingerprint density at radius 3 is 2.68 bits per heavy atom. The van der Waals surface area contributed by atoms with Gasteiger partial charge in [0.2, 0.25) is 5.91 Å². The van der Waals surface area contributed by atoms with Gasteiger partial charge in [-0.3, -0.25) is 14.5 Å². The van der Waals surface area contributed by atoms with Crippen molar-refractivity contribution in [2.24, 2.45) is 23.7 Å². The van der Waals surface area contributed by atoms with Crippen LogP contribution in [0.15, 0.2) is 35.2 Å². The number of aromatic nitrogens is 4. The van der Waals surface area contributed by atoms with Crippen molar-refractivity contribution in [1.29, 1.82) is 5.26 Å². The van der Waals surface area contributed by atoms with Gasteiger partial charge in [-0.25, -0.2) is 9.67 Å². The standard InChI is InChI=1S/C28H30ClN7O2/c1-14-15(2)26(35-12-19-8-23(19)28(35)38)31-11-24(14)16(3)36-13-25(33-34-36)27(37)32-21-6-18(7-21)22-9-20(29)5-4-17(22)10-30/h4-5,11,13,16,18-19,21-23H,6-9,12H2,1-3H3,(H,32,37)/t16?,18?,19-,21?,22?,23-/m1/s1. The largest absolute Gasteiger partial charge is 0.348 e. The van der Waals surface area contributed by atoms with Gasteiger partial charge in [0.1, 0.15) is 5.82 Å². The van der Waals surface area contributed by atoms with Crippen LogP contribution in [0.2, 0.25) is 0 Å². The molecule has 1 saturated heterocycles. The SMILES string of the molecule is Cc1c(C(C)n2cc(C(=O)NC3CC(C4CC(Cl)=CC=C4C#N)C3)nn2)cnc(N2C[C@H]3C[C@H]3C2=O)c1C. The first kappa shape index (κ1) is 24.8. The number of anilines is 1. The lowest BCUT2D eigenvalue weighted by Gasteiger charge is -2.41. The molecule has 4 atom stereocenters. The minimum Gasteiger partial charge on any atom is -0.348 e. The summed E-state index contributed by atoms with van der Waals surface area (Å²) in [4.78, 5) is 31.9. The van der Waals surface area contributed by atoms with Crippen LogP contribution in [-0.4, -0.2) is 44.4 Å². The summed E-state index contributed by atoms with van der Waals surface area (Å²) >= 11 is 6.20. The number of nitriles is 1. The van der Waals surface area contributed by atoms with Crippen molar-refractivity contribution < 1.29 is 9.59 Å². The predicted octanol–water partition coefficient (Wildman–Crippen LogP) is 3.98. The number of pyridine rings is 1. The van der Waals surface area contributed by atoms with Crippen LogP contribution in [0.3, 0.4) is 0 Å². The highest BCUT2D eigenvalue weighted by molar-refractivity contribution is 6.29. The van der Waals surface area contributed by atoms with Crippen molar-refractivity contribution in [3.8, 4) is 6.07 Å². The second-order valence-corrected chi connectivity index (χ2v) is 11.6. The van der Waals surface area contributed by atoms with Gasteiger partial charge in [0, 0.05) is 41.2 Å². The summed E-state index contributed by atoms with van der Waals surface area (Å²) in [5.41, 5.74) is 4.05. The van der Waals surface area contributed by atoms with E-state index in [4.69, 9.17) is 11.6 Å². The lowest BCUT2D eigenvalue weighted by Crippen LogP contribution is -2.47. The Labute approximate surface area is 226 Å². The number of carbonyl (C=O) groups is 2. The highest BCUT2D eigenvalue weighted by atomic mass is 35.5.